The molecule has 14 heteroatoms. The largest absolute Gasteiger partial charge is 0.462 e. The van der Waals surface area contributed by atoms with Gasteiger partial charge in [-0.15, -0.1) is 21.5 Å². The number of aromatic nitrogens is 3. The zero-order valence-electron chi connectivity index (χ0n) is 24.2. The van der Waals surface area contributed by atoms with Crippen LogP contribution >= 0.6 is 34.7 Å². The van der Waals surface area contributed by atoms with E-state index in [2.05, 4.69) is 20.8 Å². The Morgan fingerprint density at radius 2 is 1.68 bits per heavy atom. The van der Waals surface area contributed by atoms with Crippen LogP contribution in [0.5, 0.6) is 0 Å². The number of carbonyl (C=O) groups is 4. The minimum absolute atomic E-state index is 0.0892. The minimum Gasteiger partial charge on any atom is -0.462 e. The van der Waals surface area contributed by atoms with Crippen molar-refractivity contribution in [3.8, 4) is 5.69 Å². The summed E-state index contributed by atoms with van der Waals surface area (Å²) in [5, 5.41) is 15.2. The molecule has 0 spiro atoms. The SMILES string of the molecule is CCOC(=O)c1sc(NC(=O)CSc2nnc(CNC(=O)Cc3ccccc3)n2-c2cccc(Cl)c2)c(C(=O)OCC)c1C. The van der Waals surface area contributed by atoms with Gasteiger partial charge in [-0.1, -0.05) is 59.8 Å². The molecule has 4 rings (SSSR count). The van der Waals surface area contributed by atoms with Crippen molar-refractivity contribution in [3.05, 3.63) is 87.0 Å². The van der Waals surface area contributed by atoms with Crippen molar-refractivity contribution < 1.29 is 28.7 Å². The normalized spacial score (nSPS) is 10.7. The first-order valence-corrected chi connectivity index (χ1v) is 15.8. The second kappa shape index (κ2) is 15.5. The van der Waals surface area contributed by atoms with Gasteiger partial charge in [-0.2, -0.15) is 0 Å². The van der Waals surface area contributed by atoms with E-state index < -0.39 is 17.8 Å². The van der Waals surface area contributed by atoms with E-state index in [1.165, 1.54) is 0 Å². The van der Waals surface area contributed by atoms with Crippen molar-refractivity contribution in [2.24, 2.45) is 0 Å². The molecule has 0 unspecified atom stereocenters. The third-order valence-corrected chi connectivity index (χ3v) is 8.44. The van der Waals surface area contributed by atoms with Crippen LogP contribution in [0.25, 0.3) is 5.69 Å². The number of thioether (sulfide) groups is 1. The molecule has 44 heavy (non-hydrogen) atoms. The molecule has 0 radical (unpaired) electrons. The van der Waals surface area contributed by atoms with Crippen LogP contribution in [0.4, 0.5) is 5.00 Å². The maximum absolute atomic E-state index is 13.1. The highest BCUT2D eigenvalue weighted by Crippen LogP contribution is 2.35. The number of rotatable bonds is 13. The van der Waals surface area contributed by atoms with Gasteiger partial charge in [0.1, 0.15) is 9.88 Å². The number of benzene rings is 2. The molecular weight excluding hydrogens is 626 g/mol. The molecule has 2 aromatic heterocycles. The number of amides is 2. The van der Waals surface area contributed by atoms with Crippen LogP contribution < -0.4 is 10.6 Å². The van der Waals surface area contributed by atoms with Crippen molar-refractivity contribution in [1.29, 1.82) is 0 Å². The van der Waals surface area contributed by atoms with Gasteiger partial charge in [-0.25, -0.2) is 9.59 Å². The number of thiophene rings is 1. The second-order valence-electron chi connectivity index (χ2n) is 9.19. The highest BCUT2D eigenvalue weighted by molar-refractivity contribution is 7.99. The highest BCUT2D eigenvalue weighted by Gasteiger charge is 2.27. The molecule has 0 atom stereocenters. The van der Waals surface area contributed by atoms with Crippen molar-refractivity contribution >= 4 is 63.5 Å². The number of carbonyl (C=O) groups excluding carboxylic acids is 4. The van der Waals surface area contributed by atoms with Crippen molar-refractivity contribution in [1.82, 2.24) is 20.1 Å². The lowest BCUT2D eigenvalue weighted by atomic mass is 10.1. The number of halogens is 1. The fraction of sp³-hybridized carbons (Fsp3) is 0.267. The van der Waals surface area contributed by atoms with Gasteiger partial charge < -0.3 is 20.1 Å². The molecule has 11 nitrogen and oxygen atoms in total. The van der Waals surface area contributed by atoms with E-state index in [0.717, 1.165) is 28.7 Å². The van der Waals surface area contributed by atoms with Crippen LogP contribution in [0.2, 0.25) is 5.02 Å². The summed E-state index contributed by atoms with van der Waals surface area (Å²) >= 11 is 8.31. The lowest BCUT2D eigenvalue weighted by molar-refractivity contribution is -0.120. The zero-order chi connectivity index (χ0) is 31.6. The van der Waals surface area contributed by atoms with Crippen LogP contribution in [0.3, 0.4) is 0 Å². The Balaban J connectivity index is 1.52. The summed E-state index contributed by atoms with van der Waals surface area (Å²) < 4.78 is 12.0. The fourth-order valence-electron chi connectivity index (χ4n) is 4.14. The van der Waals surface area contributed by atoms with E-state index in [-0.39, 0.29) is 53.3 Å². The molecule has 230 valence electrons. The van der Waals surface area contributed by atoms with E-state index >= 15 is 0 Å². The number of hydrogen-bond donors (Lipinski definition) is 2. The van der Waals surface area contributed by atoms with E-state index in [4.69, 9.17) is 21.1 Å². The van der Waals surface area contributed by atoms with Crippen LogP contribution in [0, 0.1) is 6.92 Å². The highest BCUT2D eigenvalue weighted by atomic mass is 35.5. The van der Waals surface area contributed by atoms with Gasteiger partial charge in [-0.05, 0) is 50.1 Å². The van der Waals surface area contributed by atoms with E-state index in [1.807, 2.05) is 36.4 Å². The van der Waals surface area contributed by atoms with Gasteiger partial charge in [0, 0.05) is 5.02 Å². The van der Waals surface area contributed by atoms with Crippen LogP contribution in [-0.2, 0) is 32.0 Å². The Kier molecular flexibility index (Phi) is 11.5. The van der Waals surface area contributed by atoms with E-state index in [9.17, 15) is 19.2 Å². The molecule has 2 amide bonds. The van der Waals surface area contributed by atoms with Gasteiger partial charge in [0.15, 0.2) is 11.0 Å². The fourth-order valence-corrected chi connectivity index (χ4v) is 6.20. The first-order chi connectivity index (χ1) is 21.2. The average molecular weight is 656 g/mol. The van der Waals surface area contributed by atoms with Crippen LogP contribution in [0.15, 0.2) is 59.8 Å². The smallest absolute Gasteiger partial charge is 0.348 e. The second-order valence-corrected chi connectivity index (χ2v) is 11.6. The molecule has 2 N–H and O–H groups in total. The van der Waals surface area contributed by atoms with Crippen molar-refractivity contribution in [2.45, 2.75) is 38.9 Å². The maximum Gasteiger partial charge on any atom is 0.348 e. The Morgan fingerprint density at radius 1 is 0.955 bits per heavy atom. The molecule has 0 saturated heterocycles. The predicted octanol–water partition coefficient (Wildman–Crippen LogP) is 5.23. The number of anilines is 1. The standard InChI is InChI=1S/C30H30ClN5O6S2/c1-4-41-28(39)25-18(3)26(29(40)42-5-2)44-27(25)33-24(38)17-43-30-35-34-22(36(30)21-13-9-12-20(31)15-21)16-32-23(37)14-19-10-7-6-8-11-19/h6-13,15H,4-5,14,16-17H2,1-3H3,(H,32,37)(H,33,38). The average Bonchev–Trinajstić information content (AvgIpc) is 3.56. The molecule has 0 aliphatic rings. The number of ether oxygens (including phenoxy) is 2. The Labute approximate surface area is 267 Å². The maximum atomic E-state index is 13.1. The topological polar surface area (TPSA) is 142 Å². The number of hydrogen-bond acceptors (Lipinski definition) is 10. The molecule has 2 heterocycles. The lowest BCUT2D eigenvalue weighted by Gasteiger charge is -2.12. The lowest BCUT2D eigenvalue weighted by Crippen LogP contribution is -2.26. The Bertz CT molecular complexity index is 1660. The molecular formula is C30H30ClN5O6S2. The predicted molar refractivity (Wildman–Crippen MR) is 169 cm³/mol. The summed E-state index contributed by atoms with van der Waals surface area (Å²) in [7, 11) is 0. The third-order valence-electron chi connectivity index (χ3n) is 6.09. The molecule has 4 aromatic rings. The van der Waals surface area contributed by atoms with Gasteiger partial charge in [0.25, 0.3) is 0 Å². The molecule has 0 saturated carbocycles. The van der Waals surface area contributed by atoms with Crippen LogP contribution in [-0.4, -0.2) is 57.5 Å². The first-order valence-electron chi connectivity index (χ1n) is 13.6. The molecule has 0 fully saturated rings. The summed E-state index contributed by atoms with van der Waals surface area (Å²) in [5.41, 5.74) is 2.00. The van der Waals surface area contributed by atoms with Gasteiger partial charge in [0.2, 0.25) is 11.8 Å². The molecule has 0 aliphatic heterocycles. The van der Waals surface area contributed by atoms with Gasteiger partial charge in [-0.3, -0.25) is 14.2 Å². The summed E-state index contributed by atoms with van der Waals surface area (Å²) in [5.74, 6) is -1.54. The molecule has 0 aliphatic carbocycles. The van der Waals surface area contributed by atoms with E-state index in [1.54, 1.807) is 43.5 Å². The molecule has 0 bridgehead atoms. The summed E-state index contributed by atoms with van der Waals surface area (Å²) in [6.45, 7) is 5.33. The summed E-state index contributed by atoms with van der Waals surface area (Å²) in [4.78, 5) is 51.1. The number of nitrogens with zero attached hydrogens (tertiary/aromatic N) is 3. The molecule has 2 aromatic carbocycles. The first kappa shape index (κ1) is 32.7. The summed E-state index contributed by atoms with van der Waals surface area (Å²) in [6, 6.07) is 16.4. The minimum atomic E-state index is -0.653. The van der Waals surface area contributed by atoms with Crippen LogP contribution in [0.1, 0.15) is 50.8 Å². The zero-order valence-corrected chi connectivity index (χ0v) is 26.6. The van der Waals surface area contributed by atoms with Gasteiger partial charge in [0.05, 0.1) is 43.2 Å². The number of esters is 2. The van der Waals surface area contributed by atoms with Crippen molar-refractivity contribution in [2.75, 3.05) is 24.3 Å². The van der Waals surface area contributed by atoms with Crippen molar-refractivity contribution in [3.63, 3.8) is 0 Å². The Morgan fingerprint density at radius 3 is 2.39 bits per heavy atom. The third kappa shape index (κ3) is 8.24. The Hall–Kier alpha value is -4.20. The summed E-state index contributed by atoms with van der Waals surface area (Å²) in [6.07, 6.45) is 0.210. The quantitative estimate of drug-likeness (QED) is 0.146. The van der Waals surface area contributed by atoms with E-state index in [0.29, 0.717) is 27.3 Å². The van der Waals surface area contributed by atoms with Gasteiger partial charge >= 0.3 is 11.9 Å². The number of nitrogens with one attached hydrogen (secondary N) is 2. The monoisotopic (exact) mass is 655 g/mol.